The van der Waals surface area contributed by atoms with Gasteiger partial charge in [-0.05, 0) is 24.7 Å². The van der Waals surface area contributed by atoms with Crippen LogP contribution in [0.4, 0.5) is 0 Å². The predicted octanol–water partition coefficient (Wildman–Crippen LogP) is 2.62. The fourth-order valence-electron chi connectivity index (χ4n) is 1.63. The Hall–Kier alpha value is -0.300. The molecule has 1 saturated heterocycles. The molecule has 0 spiro atoms. The quantitative estimate of drug-likeness (QED) is 0.555. The first-order chi connectivity index (χ1) is 5.25. The molecule has 0 saturated carbocycles. The van der Waals surface area contributed by atoms with Gasteiger partial charge in [-0.2, -0.15) is 0 Å². The van der Waals surface area contributed by atoms with Crippen LogP contribution in [0, 0.1) is 11.8 Å². The summed E-state index contributed by atoms with van der Waals surface area (Å²) in [4.78, 5) is 0. The standard InChI is InChI=1S/C10H18O/c1-4-5-10-9(3)8(2)6-7-11-10/h4,8-10H,1,5-7H2,2-3H3/t8-,9-,10-/m1/s1. The Morgan fingerprint density at radius 2 is 2.27 bits per heavy atom. The van der Waals surface area contributed by atoms with E-state index in [9.17, 15) is 0 Å². The molecule has 1 aliphatic rings. The van der Waals surface area contributed by atoms with Gasteiger partial charge in [-0.25, -0.2) is 0 Å². The molecule has 1 nitrogen and oxygen atoms in total. The van der Waals surface area contributed by atoms with Crippen LogP contribution in [0.25, 0.3) is 0 Å². The molecule has 11 heavy (non-hydrogen) atoms. The van der Waals surface area contributed by atoms with Crippen LogP contribution in [-0.4, -0.2) is 12.7 Å². The number of hydrogen-bond donors (Lipinski definition) is 0. The van der Waals surface area contributed by atoms with Crippen LogP contribution >= 0.6 is 0 Å². The smallest absolute Gasteiger partial charge is 0.0637 e. The Kier molecular flexibility index (Phi) is 3.13. The van der Waals surface area contributed by atoms with Crippen molar-refractivity contribution < 1.29 is 4.74 Å². The zero-order chi connectivity index (χ0) is 8.27. The Morgan fingerprint density at radius 1 is 1.55 bits per heavy atom. The molecule has 3 atom stereocenters. The second kappa shape index (κ2) is 3.91. The van der Waals surface area contributed by atoms with Crippen molar-refractivity contribution in [1.82, 2.24) is 0 Å². The van der Waals surface area contributed by atoms with E-state index in [-0.39, 0.29) is 0 Å². The van der Waals surface area contributed by atoms with E-state index < -0.39 is 0 Å². The Bertz CT molecular complexity index is 131. The summed E-state index contributed by atoms with van der Waals surface area (Å²) in [5, 5.41) is 0. The van der Waals surface area contributed by atoms with Gasteiger partial charge in [-0.3, -0.25) is 0 Å². The monoisotopic (exact) mass is 154 g/mol. The van der Waals surface area contributed by atoms with Gasteiger partial charge >= 0.3 is 0 Å². The number of hydrogen-bond acceptors (Lipinski definition) is 1. The largest absolute Gasteiger partial charge is 0.378 e. The topological polar surface area (TPSA) is 9.23 Å². The van der Waals surface area contributed by atoms with E-state index in [4.69, 9.17) is 4.74 Å². The average Bonchev–Trinajstić information content (AvgIpc) is 1.99. The van der Waals surface area contributed by atoms with Crippen LogP contribution in [0.5, 0.6) is 0 Å². The van der Waals surface area contributed by atoms with Gasteiger partial charge in [0, 0.05) is 6.61 Å². The van der Waals surface area contributed by atoms with Crippen molar-refractivity contribution in [3.63, 3.8) is 0 Å². The lowest BCUT2D eigenvalue weighted by molar-refractivity contribution is -0.0434. The lowest BCUT2D eigenvalue weighted by Gasteiger charge is -2.33. The van der Waals surface area contributed by atoms with Crippen LogP contribution in [0.2, 0.25) is 0 Å². The van der Waals surface area contributed by atoms with E-state index in [1.807, 2.05) is 6.08 Å². The third kappa shape index (κ3) is 2.06. The fourth-order valence-corrected chi connectivity index (χ4v) is 1.63. The van der Waals surface area contributed by atoms with Crippen LogP contribution < -0.4 is 0 Å². The van der Waals surface area contributed by atoms with Crippen LogP contribution in [0.3, 0.4) is 0 Å². The van der Waals surface area contributed by atoms with Crippen LogP contribution in [0.15, 0.2) is 12.7 Å². The van der Waals surface area contributed by atoms with E-state index in [0.29, 0.717) is 12.0 Å². The molecule has 0 aromatic rings. The van der Waals surface area contributed by atoms with Crippen LogP contribution in [-0.2, 0) is 4.74 Å². The molecule has 1 aliphatic heterocycles. The minimum Gasteiger partial charge on any atom is -0.378 e. The first kappa shape index (κ1) is 8.79. The first-order valence-electron chi connectivity index (χ1n) is 4.48. The van der Waals surface area contributed by atoms with Gasteiger partial charge in [0.25, 0.3) is 0 Å². The molecule has 0 radical (unpaired) electrons. The van der Waals surface area contributed by atoms with Gasteiger partial charge in [0.15, 0.2) is 0 Å². The van der Waals surface area contributed by atoms with Gasteiger partial charge in [-0.1, -0.05) is 19.9 Å². The second-order valence-electron chi connectivity index (χ2n) is 3.56. The van der Waals surface area contributed by atoms with Crippen molar-refractivity contribution >= 4 is 0 Å². The van der Waals surface area contributed by atoms with E-state index in [2.05, 4.69) is 20.4 Å². The van der Waals surface area contributed by atoms with Crippen molar-refractivity contribution in [1.29, 1.82) is 0 Å². The Balaban J connectivity index is 2.43. The fraction of sp³-hybridized carbons (Fsp3) is 0.800. The minimum atomic E-state index is 0.427. The summed E-state index contributed by atoms with van der Waals surface area (Å²) in [6.45, 7) is 9.25. The third-order valence-corrected chi connectivity index (χ3v) is 2.79. The first-order valence-corrected chi connectivity index (χ1v) is 4.48. The van der Waals surface area contributed by atoms with Gasteiger partial charge in [0.2, 0.25) is 0 Å². The normalized spacial score (nSPS) is 38.5. The zero-order valence-corrected chi connectivity index (χ0v) is 7.55. The van der Waals surface area contributed by atoms with E-state index in [1.165, 1.54) is 6.42 Å². The van der Waals surface area contributed by atoms with Crippen molar-refractivity contribution in [3.05, 3.63) is 12.7 Å². The molecule has 0 N–H and O–H groups in total. The molecule has 1 rings (SSSR count). The minimum absolute atomic E-state index is 0.427. The van der Waals surface area contributed by atoms with Crippen LogP contribution in [0.1, 0.15) is 26.7 Å². The maximum Gasteiger partial charge on any atom is 0.0637 e. The number of rotatable bonds is 2. The molecule has 0 aromatic carbocycles. The van der Waals surface area contributed by atoms with Gasteiger partial charge < -0.3 is 4.74 Å². The Morgan fingerprint density at radius 3 is 2.91 bits per heavy atom. The average molecular weight is 154 g/mol. The van der Waals surface area contributed by atoms with Crippen molar-refractivity contribution in [2.75, 3.05) is 6.61 Å². The molecule has 1 fully saturated rings. The van der Waals surface area contributed by atoms with Gasteiger partial charge in [0.05, 0.1) is 6.10 Å². The highest BCUT2D eigenvalue weighted by molar-refractivity contribution is 4.82. The molecule has 0 amide bonds. The lowest BCUT2D eigenvalue weighted by atomic mass is 9.85. The second-order valence-corrected chi connectivity index (χ2v) is 3.56. The highest BCUT2D eigenvalue weighted by Crippen LogP contribution is 2.27. The molecule has 0 unspecified atom stereocenters. The highest BCUT2D eigenvalue weighted by Gasteiger charge is 2.26. The summed E-state index contributed by atoms with van der Waals surface area (Å²) in [6.07, 6.45) is 4.61. The summed E-state index contributed by atoms with van der Waals surface area (Å²) < 4.78 is 5.63. The summed E-state index contributed by atoms with van der Waals surface area (Å²) >= 11 is 0. The van der Waals surface area contributed by atoms with Crippen molar-refractivity contribution in [2.24, 2.45) is 11.8 Å². The van der Waals surface area contributed by atoms with Gasteiger partial charge in [0.1, 0.15) is 0 Å². The molecule has 64 valence electrons. The maximum atomic E-state index is 5.63. The predicted molar refractivity (Wildman–Crippen MR) is 47.5 cm³/mol. The highest BCUT2D eigenvalue weighted by atomic mass is 16.5. The number of ether oxygens (including phenoxy) is 1. The summed E-state index contributed by atoms with van der Waals surface area (Å²) in [5.41, 5.74) is 0. The third-order valence-electron chi connectivity index (χ3n) is 2.79. The molecule has 1 heteroatoms. The molecule has 0 aromatic heterocycles. The summed E-state index contributed by atoms with van der Waals surface area (Å²) in [7, 11) is 0. The SMILES string of the molecule is C=CC[C@H]1OCC[C@@H](C)[C@H]1C. The molecule has 0 bridgehead atoms. The van der Waals surface area contributed by atoms with Gasteiger partial charge in [-0.15, -0.1) is 6.58 Å². The Labute approximate surface area is 69.4 Å². The molecular formula is C10H18O. The summed E-state index contributed by atoms with van der Waals surface area (Å²) in [6, 6.07) is 0. The lowest BCUT2D eigenvalue weighted by Crippen LogP contribution is -2.32. The van der Waals surface area contributed by atoms with Crippen molar-refractivity contribution in [3.8, 4) is 0 Å². The zero-order valence-electron chi connectivity index (χ0n) is 7.55. The molecule has 1 heterocycles. The molecular weight excluding hydrogens is 136 g/mol. The maximum absolute atomic E-state index is 5.63. The van der Waals surface area contributed by atoms with E-state index >= 15 is 0 Å². The molecule has 0 aliphatic carbocycles. The van der Waals surface area contributed by atoms with E-state index in [0.717, 1.165) is 18.9 Å². The van der Waals surface area contributed by atoms with E-state index in [1.54, 1.807) is 0 Å². The van der Waals surface area contributed by atoms with Crippen molar-refractivity contribution in [2.45, 2.75) is 32.8 Å². The summed E-state index contributed by atoms with van der Waals surface area (Å²) in [5.74, 6) is 1.51.